The van der Waals surface area contributed by atoms with E-state index in [4.69, 9.17) is 0 Å². The van der Waals surface area contributed by atoms with Crippen LogP contribution in [0.3, 0.4) is 0 Å². The van der Waals surface area contributed by atoms with E-state index in [-0.39, 0.29) is 42.3 Å². The molecule has 1 atom stereocenters. The Bertz CT molecular complexity index is 791. The fourth-order valence-electron chi connectivity index (χ4n) is 2.91. The summed E-state index contributed by atoms with van der Waals surface area (Å²) in [6.07, 6.45) is 0.816. The minimum absolute atomic E-state index is 0.0328. The number of hydrogen-bond acceptors (Lipinski definition) is 5. The third-order valence-electron chi connectivity index (χ3n) is 4.23. The van der Waals surface area contributed by atoms with Crippen molar-refractivity contribution in [1.82, 2.24) is 9.62 Å². The van der Waals surface area contributed by atoms with Crippen molar-refractivity contribution in [1.29, 1.82) is 0 Å². The van der Waals surface area contributed by atoms with E-state index in [1.807, 2.05) is 30.3 Å². The van der Waals surface area contributed by atoms with Gasteiger partial charge in [0.05, 0.1) is 17.3 Å². The normalized spacial score (nSPS) is 19.6. The van der Waals surface area contributed by atoms with Crippen LogP contribution in [0.25, 0.3) is 0 Å². The second-order valence-electron chi connectivity index (χ2n) is 6.22. The Morgan fingerprint density at radius 2 is 1.96 bits per heavy atom. The van der Waals surface area contributed by atoms with Crippen molar-refractivity contribution in [2.24, 2.45) is 0 Å². The predicted octanol–water partition coefficient (Wildman–Crippen LogP) is 0.184. The largest absolute Gasteiger partial charge is 0.338 e. The van der Waals surface area contributed by atoms with Crippen LogP contribution in [0.1, 0.15) is 18.9 Å². The lowest BCUT2D eigenvalue weighted by atomic mass is 10.2. The molecule has 0 saturated carbocycles. The van der Waals surface area contributed by atoms with Gasteiger partial charge >= 0.3 is 0 Å². The Kier molecular flexibility index (Phi) is 6.59. The summed E-state index contributed by atoms with van der Waals surface area (Å²) in [4.78, 5) is 13.2. The van der Waals surface area contributed by atoms with E-state index in [2.05, 4.69) is 4.72 Å². The molecule has 1 fully saturated rings. The average Bonchev–Trinajstić information content (AvgIpc) is 2.90. The molecular weight excluding hydrogens is 364 g/mol. The van der Waals surface area contributed by atoms with Gasteiger partial charge in [0, 0.05) is 26.1 Å². The first-order chi connectivity index (χ1) is 11.7. The number of carbonyl (C=O) groups is 1. The minimum atomic E-state index is -3.45. The van der Waals surface area contributed by atoms with Crippen LogP contribution in [0.15, 0.2) is 30.3 Å². The smallest absolute Gasteiger partial charge is 0.219 e. The maximum Gasteiger partial charge on any atom is 0.219 e. The van der Waals surface area contributed by atoms with Gasteiger partial charge in [-0.25, -0.2) is 21.6 Å². The molecule has 0 radical (unpaired) electrons. The zero-order chi connectivity index (χ0) is 18.5. The summed E-state index contributed by atoms with van der Waals surface area (Å²) in [7, 11) is -6.55. The SMILES string of the molecule is CC(=O)N(CCNS(=O)(=O)CCc1ccccc1)C1CCS(=O)(=O)C1. The van der Waals surface area contributed by atoms with Crippen LogP contribution in [0, 0.1) is 0 Å². The van der Waals surface area contributed by atoms with Gasteiger partial charge in [-0.1, -0.05) is 30.3 Å². The van der Waals surface area contributed by atoms with Crippen LogP contribution < -0.4 is 4.72 Å². The Hall–Kier alpha value is -1.45. The molecule has 0 bridgehead atoms. The van der Waals surface area contributed by atoms with Crippen LogP contribution in [0.5, 0.6) is 0 Å². The summed E-state index contributed by atoms with van der Waals surface area (Å²) < 4.78 is 49.8. The first-order valence-corrected chi connectivity index (χ1v) is 11.6. The second-order valence-corrected chi connectivity index (χ2v) is 10.4. The van der Waals surface area contributed by atoms with Gasteiger partial charge in [-0.15, -0.1) is 0 Å². The Morgan fingerprint density at radius 3 is 2.52 bits per heavy atom. The van der Waals surface area contributed by atoms with E-state index in [0.29, 0.717) is 12.8 Å². The third kappa shape index (κ3) is 6.41. The number of sulfone groups is 1. The zero-order valence-corrected chi connectivity index (χ0v) is 15.9. The molecule has 25 heavy (non-hydrogen) atoms. The molecule has 0 aromatic heterocycles. The summed E-state index contributed by atoms with van der Waals surface area (Å²) in [5.74, 6) is -0.252. The summed E-state index contributed by atoms with van der Waals surface area (Å²) in [5.41, 5.74) is 0.939. The van der Waals surface area contributed by atoms with Gasteiger partial charge in [0.1, 0.15) is 0 Å². The van der Waals surface area contributed by atoms with E-state index >= 15 is 0 Å². The minimum Gasteiger partial charge on any atom is -0.338 e. The molecule has 1 aromatic rings. The lowest BCUT2D eigenvalue weighted by Gasteiger charge is -2.27. The molecule has 2 rings (SSSR count). The van der Waals surface area contributed by atoms with Crippen LogP contribution >= 0.6 is 0 Å². The lowest BCUT2D eigenvalue weighted by molar-refractivity contribution is -0.130. The second kappa shape index (κ2) is 8.29. The first-order valence-electron chi connectivity index (χ1n) is 8.17. The topological polar surface area (TPSA) is 101 Å². The summed E-state index contributed by atoms with van der Waals surface area (Å²) in [6, 6.07) is 8.96. The highest BCUT2D eigenvalue weighted by molar-refractivity contribution is 7.91. The van der Waals surface area contributed by atoms with Crippen molar-refractivity contribution in [2.75, 3.05) is 30.3 Å². The molecule has 1 aromatic carbocycles. The fourth-order valence-corrected chi connectivity index (χ4v) is 5.69. The van der Waals surface area contributed by atoms with Crippen molar-refractivity contribution < 1.29 is 21.6 Å². The van der Waals surface area contributed by atoms with E-state index in [1.165, 1.54) is 11.8 Å². The Balaban J connectivity index is 1.83. The van der Waals surface area contributed by atoms with Crippen molar-refractivity contribution in [3.05, 3.63) is 35.9 Å². The summed E-state index contributed by atoms with van der Waals surface area (Å²) in [6.45, 7) is 1.61. The molecule has 1 aliphatic rings. The number of carbonyl (C=O) groups excluding carboxylic acids is 1. The molecule has 0 aliphatic carbocycles. The molecule has 9 heteroatoms. The Morgan fingerprint density at radius 1 is 1.28 bits per heavy atom. The van der Waals surface area contributed by atoms with Crippen molar-refractivity contribution in [3.63, 3.8) is 0 Å². The van der Waals surface area contributed by atoms with Crippen molar-refractivity contribution >= 4 is 25.8 Å². The number of rotatable bonds is 8. The van der Waals surface area contributed by atoms with E-state index in [0.717, 1.165) is 5.56 Å². The molecule has 0 spiro atoms. The van der Waals surface area contributed by atoms with Crippen molar-refractivity contribution in [2.45, 2.75) is 25.8 Å². The van der Waals surface area contributed by atoms with E-state index in [1.54, 1.807) is 0 Å². The van der Waals surface area contributed by atoms with Crippen molar-refractivity contribution in [3.8, 4) is 0 Å². The molecule has 1 amide bonds. The van der Waals surface area contributed by atoms with Crippen LogP contribution in [0.2, 0.25) is 0 Å². The van der Waals surface area contributed by atoms with Crippen LogP contribution in [-0.2, 0) is 31.1 Å². The number of sulfonamides is 1. The summed E-state index contributed by atoms with van der Waals surface area (Å²) >= 11 is 0. The molecule has 140 valence electrons. The fraction of sp³-hybridized carbons (Fsp3) is 0.562. The Labute approximate surface area is 149 Å². The van der Waals surface area contributed by atoms with Gasteiger partial charge in [-0.05, 0) is 18.4 Å². The number of nitrogens with one attached hydrogen (secondary N) is 1. The lowest BCUT2D eigenvalue weighted by Crippen LogP contribution is -2.44. The predicted molar refractivity (Wildman–Crippen MR) is 96.4 cm³/mol. The summed E-state index contributed by atoms with van der Waals surface area (Å²) in [5, 5.41) is 0. The molecular formula is C16H24N2O5S2. The molecule has 1 heterocycles. The number of benzene rings is 1. The number of nitrogens with zero attached hydrogens (tertiary/aromatic N) is 1. The monoisotopic (exact) mass is 388 g/mol. The van der Waals surface area contributed by atoms with Crippen LogP contribution in [0.4, 0.5) is 0 Å². The highest BCUT2D eigenvalue weighted by atomic mass is 32.2. The van der Waals surface area contributed by atoms with Crippen LogP contribution in [-0.4, -0.2) is 64.0 Å². The molecule has 7 nitrogen and oxygen atoms in total. The van der Waals surface area contributed by atoms with Gasteiger partial charge in [-0.3, -0.25) is 4.79 Å². The first kappa shape index (κ1) is 19.9. The third-order valence-corrected chi connectivity index (χ3v) is 7.37. The molecule has 1 N–H and O–H groups in total. The van der Waals surface area contributed by atoms with E-state index < -0.39 is 19.9 Å². The highest BCUT2D eigenvalue weighted by Gasteiger charge is 2.33. The van der Waals surface area contributed by atoms with Gasteiger partial charge < -0.3 is 4.90 Å². The average molecular weight is 389 g/mol. The highest BCUT2D eigenvalue weighted by Crippen LogP contribution is 2.17. The quantitative estimate of drug-likeness (QED) is 0.685. The number of hydrogen-bond donors (Lipinski definition) is 1. The molecule has 1 aliphatic heterocycles. The van der Waals surface area contributed by atoms with E-state index in [9.17, 15) is 21.6 Å². The van der Waals surface area contributed by atoms with Gasteiger partial charge in [0.2, 0.25) is 15.9 Å². The number of aryl methyl sites for hydroxylation is 1. The molecule has 1 saturated heterocycles. The zero-order valence-electron chi connectivity index (χ0n) is 14.2. The maximum atomic E-state index is 12.1. The van der Waals surface area contributed by atoms with Gasteiger partial charge in [-0.2, -0.15) is 0 Å². The molecule has 1 unspecified atom stereocenters. The van der Waals surface area contributed by atoms with Gasteiger partial charge in [0.15, 0.2) is 9.84 Å². The maximum absolute atomic E-state index is 12.1. The number of amides is 1. The standard InChI is InChI=1S/C16H24N2O5S2/c1-14(19)18(16-8-11-24(20,21)13-16)10-9-17-25(22,23)12-7-15-5-3-2-4-6-15/h2-6,16-17H,7-13H2,1H3. The van der Waals surface area contributed by atoms with Gasteiger partial charge in [0.25, 0.3) is 0 Å².